The first kappa shape index (κ1) is 17.3. The van der Waals surface area contributed by atoms with Crippen molar-refractivity contribution < 1.29 is 13.2 Å². The molecule has 136 valence electrons. The molecule has 27 heavy (non-hydrogen) atoms. The summed E-state index contributed by atoms with van der Waals surface area (Å²) < 4.78 is 43.0. The van der Waals surface area contributed by atoms with Crippen LogP contribution in [-0.2, 0) is 6.54 Å². The van der Waals surface area contributed by atoms with Crippen molar-refractivity contribution >= 4 is 21.6 Å². The zero-order chi connectivity index (χ0) is 19.1. The summed E-state index contributed by atoms with van der Waals surface area (Å²) in [6.45, 7) is -0.143. The molecule has 0 aliphatic carbocycles. The Kier molecular flexibility index (Phi) is 4.19. The van der Waals surface area contributed by atoms with Crippen LogP contribution in [-0.4, -0.2) is 9.13 Å². The minimum atomic E-state index is -0.766. The van der Waals surface area contributed by atoms with Gasteiger partial charge < -0.3 is 0 Å². The van der Waals surface area contributed by atoms with Gasteiger partial charge in [-0.1, -0.05) is 6.07 Å². The molecule has 0 N–H and O–H groups in total. The Balaban J connectivity index is 1.99. The third-order valence-corrected chi connectivity index (χ3v) is 4.98. The van der Waals surface area contributed by atoms with E-state index in [0.717, 1.165) is 40.2 Å². The van der Waals surface area contributed by atoms with E-state index in [1.54, 1.807) is 11.4 Å². The maximum absolute atomic E-state index is 13.6. The molecule has 8 heteroatoms. The van der Waals surface area contributed by atoms with Crippen LogP contribution in [0.3, 0.4) is 0 Å². The molecule has 0 aliphatic rings. The van der Waals surface area contributed by atoms with Gasteiger partial charge in [0, 0.05) is 6.07 Å². The van der Waals surface area contributed by atoms with E-state index in [0.29, 0.717) is 5.52 Å². The zero-order valence-electron chi connectivity index (χ0n) is 13.7. The standard InChI is InChI=1S/C19H11F3N2O2S/c20-12-2-1-3-15(9-12)24-18(25)17-16(4-5-27-17)23(19(24)26)10-11-6-13(21)8-14(22)7-11/h1-9H,10H2. The van der Waals surface area contributed by atoms with E-state index in [1.165, 1.54) is 22.8 Å². The zero-order valence-corrected chi connectivity index (χ0v) is 14.5. The van der Waals surface area contributed by atoms with Crippen LogP contribution < -0.4 is 11.2 Å². The summed E-state index contributed by atoms with van der Waals surface area (Å²) >= 11 is 1.13. The minimum absolute atomic E-state index is 0.0828. The first-order valence-corrected chi connectivity index (χ1v) is 8.76. The molecule has 0 spiro atoms. The predicted octanol–water partition coefficient (Wildman–Crippen LogP) is 3.68. The maximum atomic E-state index is 13.6. The molecule has 0 saturated carbocycles. The fourth-order valence-electron chi connectivity index (χ4n) is 2.97. The summed E-state index contributed by atoms with van der Waals surface area (Å²) in [5.74, 6) is -2.13. The molecular formula is C19H11F3N2O2S. The van der Waals surface area contributed by atoms with E-state index in [-0.39, 0.29) is 22.5 Å². The lowest BCUT2D eigenvalue weighted by Crippen LogP contribution is -2.38. The smallest absolute Gasteiger partial charge is 0.288 e. The van der Waals surface area contributed by atoms with Crippen molar-refractivity contribution in [2.45, 2.75) is 6.54 Å². The molecule has 0 fully saturated rings. The molecule has 4 aromatic rings. The maximum Gasteiger partial charge on any atom is 0.336 e. The molecule has 0 amide bonds. The molecule has 0 aliphatic heterocycles. The van der Waals surface area contributed by atoms with Gasteiger partial charge in [0.25, 0.3) is 5.56 Å². The number of nitrogens with zero attached hydrogens (tertiary/aromatic N) is 2. The number of hydrogen-bond donors (Lipinski definition) is 0. The van der Waals surface area contributed by atoms with Gasteiger partial charge in [-0.2, -0.15) is 0 Å². The highest BCUT2D eigenvalue weighted by Gasteiger charge is 2.16. The lowest BCUT2D eigenvalue weighted by Gasteiger charge is -2.12. The number of benzene rings is 2. The molecular weight excluding hydrogens is 377 g/mol. The summed E-state index contributed by atoms with van der Waals surface area (Å²) in [5, 5.41) is 1.64. The number of thiophene rings is 1. The van der Waals surface area contributed by atoms with E-state index >= 15 is 0 Å². The highest BCUT2D eigenvalue weighted by Crippen LogP contribution is 2.18. The molecule has 2 aromatic heterocycles. The van der Waals surface area contributed by atoms with Crippen LogP contribution in [0.15, 0.2) is 63.5 Å². The Labute approximate surface area is 154 Å². The highest BCUT2D eigenvalue weighted by molar-refractivity contribution is 7.17. The van der Waals surface area contributed by atoms with Crippen molar-refractivity contribution in [3.8, 4) is 5.69 Å². The van der Waals surface area contributed by atoms with Gasteiger partial charge in [-0.15, -0.1) is 11.3 Å². The fraction of sp³-hybridized carbons (Fsp3) is 0.0526. The minimum Gasteiger partial charge on any atom is -0.288 e. The molecule has 2 heterocycles. The molecule has 0 radical (unpaired) electrons. The summed E-state index contributed by atoms with van der Waals surface area (Å²) in [4.78, 5) is 25.8. The lowest BCUT2D eigenvalue weighted by atomic mass is 10.2. The number of halogens is 3. The third kappa shape index (κ3) is 3.08. The average Bonchev–Trinajstić information content (AvgIpc) is 3.08. The highest BCUT2D eigenvalue weighted by atomic mass is 32.1. The summed E-state index contributed by atoms with van der Waals surface area (Å²) in [5.41, 5.74) is -0.628. The van der Waals surface area contributed by atoms with E-state index in [2.05, 4.69) is 0 Å². The molecule has 0 unspecified atom stereocenters. The van der Waals surface area contributed by atoms with Gasteiger partial charge in [0.15, 0.2) is 0 Å². The van der Waals surface area contributed by atoms with Gasteiger partial charge in [0.05, 0.1) is 17.7 Å². The van der Waals surface area contributed by atoms with Crippen molar-refractivity contribution in [2.24, 2.45) is 0 Å². The van der Waals surface area contributed by atoms with Crippen LogP contribution in [0.2, 0.25) is 0 Å². The van der Waals surface area contributed by atoms with Crippen molar-refractivity contribution in [1.29, 1.82) is 0 Å². The Morgan fingerprint density at radius 3 is 2.33 bits per heavy atom. The fourth-order valence-corrected chi connectivity index (χ4v) is 3.79. The summed E-state index contributed by atoms with van der Waals surface area (Å²) in [7, 11) is 0. The Morgan fingerprint density at radius 1 is 0.889 bits per heavy atom. The van der Waals surface area contributed by atoms with Gasteiger partial charge >= 0.3 is 5.69 Å². The molecule has 2 aromatic carbocycles. The molecule has 0 bridgehead atoms. The van der Waals surface area contributed by atoms with E-state index < -0.39 is 28.7 Å². The SMILES string of the molecule is O=c1c2sccc2n(Cc2cc(F)cc(F)c2)c(=O)n1-c1cccc(F)c1. The van der Waals surface area contributed by atoms with Crippen molar-refractivity contribution in [3.05, 3.63) is 97.8 Å². The second-order valence-corrected chi connectivity index (χ2v) is 6.82. The number of aromatic nitrogens is 2. The predicted molar refractivity (Wildman–Crippen MR) is 97.1 cm³/mol. The van der Waals surface area contributed by atoms with Crippen LogP contribution in [0.4, 0.5) is 13.2 Å². The number of rotatable bonds is 3. The largest absolute Gasteiger partial charge is 0.336 e. The summed E-state index contributed by atoms with van der Waals surface area (Å²) in [6, 6.07) is 9.67. The molecule has 0 saturated heterocycles. The summed E-state index contributed by atoms with van der Waals surface area (Å²) in [6.07, 6.45) is 0. The number of fused-ring (bicyclic) bond motifs is 1. The number of hydrogen-bond acceptors (Lipinski definition) is 3. The lowest BCUT2D eigenvalue weighted by molar-refractivity contribution is 0.576. The van der Waals surface area contributed by atoms with Crippen molar-refractivity contribution in [2.75, 3.05) is 0 Å². The van der Waals surface area contributed by atoms with Gasteiger partial charge in [-0.25, -0.2) is 22.5 Å². The average molecular weight is 388 g/mol. The second-order valence-electron chi connectivity index (χ2n) is 5.90. The van der Waals surface area contributed by atoms with Gasteiger partial charge in [0.1, 0.15) is 22.2 Å². The van der Waals surface area contributed by atoms with Gasteiger partial charge in [0.2, 0.25) is 0 Å². The van der Waals surface area contributed by atoms with Crippen LogP contribution in [0.5, 0.6) is 0 Å². The first-order valence-electron chi connectivity index (χ1n) is 7.88. The Bertz CT molecular complexity index is 1270. The van der Waals surface area contributed by atoms with Crippen LogP contribution in [0.25, 0.3) is 15.9 Å². The Hall–Kier alpha value is -3.13. The molecule has 0 atom stereocenters. The molecule has 4 rings (SSSR count). The monoisotopic (exact) mass is 388 g/mol. The van der Waals surface area contributed by atoms with Gasteiger partial charge in [-0.05, 0) is 47.3 Å². The van der Waals surface area contributed by atoms with E-state index in [1.807, 2.05) is 0 Å². The third-order valence-electron chi connectivity index (χ3n) is 4.08. The van der Waals surface area contributed by atoms with Crippen molar-refractivity contribution in [1.82, 2.24) is 9.13 Å². The quantitative estimate of drug-likeness (QED) is 0.537. The van der Waals surface area contributed by atoms with Gasteiger partial charge in [-0.3, -0.25) is 9.36 Å². The van der Waals surface area contributed by atoms with Crippen molar-refractivity contribution in [3.63, 3.8) is 0 Å². The van der Waals surface area contributed by atoms with Crippen LogP contribution >= 0.6 is 11.3 Å². The van der Waals surface area contributed by atoms with Crippen LogP contribution in [0.1, 0.15) is 5.56 Å². The first-order chi connectivity index (χ1) is 12.9. The normalized spacial score (nSPS) is 11.2. The molecule has 4 nitrogen and oxygen atoms in total. The van der Waals surface area contributed by atoms with E-state index in [9.17, 15) is 22.8 Å². The van der Waals surface area contributed by atoms with E-state index in [4.69, 9.17) is 0 Å². The van der Waals surface area contributed by atoms with Crippen LogP contribution in [0, 0.1) is 17.5 Å². The second kappa shape index (κ2) is 6.55. The topological polar surface area (TPSA) is 44.0 Å². The Morgan fingerprint density at radius 2 is 1.63 bits per heavy atom.